The van der Waals surface area contributed by atoms with Gasteiger partial charge < -0.3 is 15.1 Å². The molecule has 2 N–H and O–H groups in total. The zero-order valence-electron chi connectivity index (χ0n) is 10.4. The van der Waals surface area contributed by atoms with Gasteiger partial charge in [0.15, 0.2) is 0 Å². The van der Waals surface area contributed by atoms with E-state index in [2.05, 4.69) is 15.9 Å². The van der Waals surface area contributed by atoms with Gasteiger partial charge in [0, 0.05) is 35.7 Å². The summed E-state index contributed by atoms with van der Waals surface area (Å²) in [6.07, 6.45) is 0.300. The number of hydrogen-bond acceptors (Lipinski definition) is 3. The van der Waals surface area contributed by atoms with Crippen molar-refractivity contribution in [2.45, 2.75) is 13.3 Å². The number of nitrogens with zero attached hydrogens (tertiary/aromatic N) is 1. The number of carbonyl (C=O) groups excluding carboxylic acids is 1. The van der Waals surface area contributed by atoms with Crippen LogP contribution in [0.3, 0.4) is 0 Å². The molecule has 1 atom stereocenters. The molecule has 1 aliphatic rings. The molecule has 1 amide bonds. The maximum absolute atomic E-state index is 11.9. The van der Waals surface area contributed by atoms with E-state index in [9.17, 15) is 9.59 Å². The van der Waals surface area contributed by atoms with Crippen LogP contribution in [0, 0.1) is 12.8 Å². The molecule has 0 bridgehead atoms. The molecule has 0 saturated carbocycles. The summed E-state index contributed by atoms with van der Waals surface area (Å²) in [6, 6.07) is 3.19. The molecule has 5 nitrogen and oxygen atoms in total. The Kier molecular flexibility index (Phi) is 3.91. The second-order valence-corrected chi connectivity index (χ2v) is 5.54. The van der Waals surface area contributed by atoms with Crippen LogP contribution < -0.4 is 4.90 Å². The van der Waals surface area contributed by atoms with E-state index in [-0.39, 0.29) is 24.0 Å². The number of aryl methyl sites for hydroxylation is 1. The highest BCUT2D eigenvalue weighted by Gasteiger charge is 2.31. The second-order valence-electron chi connectivity index (χ2n) is 4.68. The summed E-state index contributed by atoms with van der Waals surface area (Å²) < 4.78 is 0.492. The van der Waals surface area contributed by atoms with Crippen LogP contribution in [0.2, 0.25) is 0 Å². The van der Waals surface area contributed by atoms with Crippen LogP contribution in [0.25, 0.3) is 0 Å². The van der Waals surface area contributed by atoms with Crippen LogP contribution in [0.1, 0.15) is 22.3 Å². The highest BCUT2D eigenvalue weighted by Crippen LogP contribution is 2.32. The van der Waals surface area contributed by atoms with E-state index >= 15 is 0 Å². The third-order valence-electron chi connectivity index (χ3n) is 3.27. The Morgan fingerprint density at radius 3 is 2.74 bits per heavy atom. The van der Waals surface area contributed by atoms with Gasteiger partial charge in [0.2, 0.25) is 5.91 Å². The molecular weight excluding hydrogens is 314 g/mol. The van der Waals surface area contributed by atoms with Crippen LogP contribution in [0.5, 0.6) is 0 Å². The molecule has 0 aromatic heterocycles. The third-order valence-corrected chi connectivity index (χ3v) is 3.93. The molecule has 1 unspecified atom stereocenters. The van der Waals surface area contributed by atoms with Crippen molar-refractivity contribution in [3.05, 3.63) is 27.7 Å². The van der Waals surface area contributed by atoms with E-state index in [1.54, 1.807) is 11.0 Å². The van der Waals surface area contributed by atoms with Crippen molar-refractivity contribution < 1.29 is 19.8 Å². The smallest absolute Gasteiger partial charge is 0.336 e. The molecule has 1 aliphatic heterocycles. The quantitative estimate of drug-likeness (QED) is 0.887. The number of rotatable bonds is 3. The number of hydrogen-bond donors (Lipinski definition) is 2. The summed E-state index contributed by atoms with van der Waals surface area (Å²) >= 11 is 3.21. The lowest BCUT2D eigenvalue weighted by Crippen LogP contribution is -2.26. The monoisotopic (exact) mass is 327 g/mol. The fraction of sp³-hybridized carbons (Fsp3) is 0.385. The normalized spacial score (nSPS) is 19.0. The Balaban J connectivity index is 2.42. The Morgan fingerprint density at radius 2 is 2.21 bits per heavy atom. The van der Waals surface area contributed by atoms with Gasteiger partial charge in [-0.1, -0.05) is 0 Å². The lowest BCUT2D eigenvalue weighted by atomic mass is 10.1. The molecule has 1 heterocycles. The minimum atomic E-state index is -1.04. The van der Waals surface area contributed by atoms with Gasteiger partial charge in [-0.3, -0.25) is 4.79 Å². The number of aliphatic hydroxyl groups is 1. The Morgan fingerprint density at radius 1 is 1.53 bits per heavy atom. The molecule has 1 saturated heterocycles. The summed E-state index contributed by atoms with van der Waals surface area (Å²) in [6.45, 7) is 2.21. The molecule has 19 heavy (non-hydrogen) atoms. The largest absolute Gasteiger partial charge is 0.478 e. The zero-order chi connectivity index (χ0) is 14.2. The highest BCUT2D eigenvalue weighted by atomic mass is 79.9. The summed E-state index contributed by atoms with van der Waals surface area (Å²) in [4.78, 5) is 24.6. The zero-order valence-corrected chi connectivity index (χ0v) is 12.0. The summed E-state index contributed by atoms with van der Waals surface area (Å²) in [5, 5.41) is 18.2. The summed E-state index contributed by atoms with van der Waals surface area (Å²) in [5.74, 6) is -1.21. The van der Waals surface area contributed by atoms with Gasteiger partial charge in [-0.25, -0.2) is 4.79 Å². The van der Waals surface area contributed by atoms with Crippen LogP contribution in [-0.4, -0.2) is 35.2 Å². The Bertz CT molecular complexity index is 544. The average Bonchev–Trinajstić information content (AvgIpc) is 2.70. The van der Waals surface area contributed by atoms with Gasteiger partial charge in [-0.2, -0.15) is 0 Å². The molecule has 1 aromatic carbocycles. The van der Waals surface area contributed by atoms with Crippen molar-refractivity contribution in [1.82, 2.24) is 0 Å². The topological polar surface area (TPSA) is 77.8 Å². The lowest BCUT2D eigenvalue weighted by Gasteiger charge is -2.20. The van der Waals surface area contributed by atoms with Crippen LogP contribution in [0.15, 0.2) is 16.6 Å². The molecule has 6 heteroatoms. The van der Waals surface area contributed by atoms with Crippen molar-refractivity contribution >= 4 is 33.5 Å². The van der Waals surface area contributed by atoms with E-state index in [4.69, 9.17) is 10.2 Å². The van der Waals surface area contributed by atoms with Crippen molar-refractivity contribution in [3.8, 4) is 0 Å². The number of aromatic carboxylic acids is 1. The van der Waals surface area contributed by atoms with E-state index in [0.717, 1.165) is 5.56 Å². The lowest BCUT2D eigenvalue weighted by molar-refractivity contribution is -0.117. The van der Waals surface area contributed by atoms with Crippen molar-refractivity contribution in [2.75, 3.05) is 18.1 Å². The first-order valence-electron chi connectivity index (χ1n) is 5.88. The van der Waals surface area contributed by atoms with Gasteiger partial charge in [-0.15, -0.1) is 0 Å². The first-order valence-corrected chi connectivity index (χ1v) is 6.68. The molecule has 1 aromatic rings. The van der Waals surface area contributed by atoms with Gasteiger partial charge >= 0.3 is 5.97 Å². The van der Waals surface area contributed by atoms with E-state index in [0.29, 0.717) is 23.1 Å². The number of carboxylic acid groups (broad SMARTS) is 1. The van der Waals surface area contributed by atoms with E-state index in [1.807, 2.05) is 6.92 Å². The minimum Gasteiger partial charge on any atom is -0.478 e. The molecular formula is C13H14BrNO4. The number of carboxylic acids is 1. The third kappa shape index (κ3) is 2.64. The Hall–Kier alpha value is -1.40. The molecule has 0 radical (unpaired) electrons. The van der Waals surface area contributed by atoms with Crippen molar-refractivity contribution in [2.24, 2.45) is 5.92 Å². The first-order chi connectivity index (χ1) is 8.93. The fourth-order valence-corrected chi connectivity index (χ4v) is 2.88. The maximum Gasteiger partial charge on any atom is 0.336 e. The van der Waals surface area contributed by atoms with Gasteiger partial charge in [-0.05, 0) is 40.5 Å². The fourth-order valence-electron chi connectivity index (χ4n) is 2.25. The SMILES string of the molecule is Cc1cc(Br)c(C(=O)O)cc1N1CC(CO)CC1=O. The van der Waals surface area contributed by atoms with Crippen LogP contribution in [0.4, 0.5) is 5.69 Å². The predicted octanol–water partition coefficient (Wildman–Crippen LogP) is 1.80. The van der Waals surface area contributed by atoms with E-state index in [1.165, 1.54) is 6.07 Å². The second kappa shape index (κ2) is 5.30. The number of carbonyl (C=O) groups is 2. The average molecular weight is 328 g/mol. The molecule has 1 fully saturated rings. The first kappa shape index (κ1) is 14.0. The Labute approximate surface area is 119 Å². The number of benzene rings is 1. The van der Waals surface area contributed by atoms with Gasteiger partial charge in [0.05, 0.1) is 5.56 Å². The van der Waals surface area contributed by atoms with Crippen LogP contribution in [-0.2, 0) is 4.79 Å². The molecule has 0 spiro atoms. The molecule has 2 rings (SSSR count). The van der Waals surface area contributed by atoms with Crippen LogP contribution >= 0.6 is 15.9 Å². The highest BCUT2D eigenvalue weighted by molar-refractivity contribution is 9.10. The minimum absolute atomic E-state index is 0.0381. The molecule has 102 valence electrons. The number of aliphatic hydroxyl groups excluding tert-OH is 1. The number of amides is 1. The number of anilines is 1. The predicted molar refractivity (Wildman–Crippen MR) is 73.4 cm³/mol. The standard InChI is InChI=1S/C13H14BrNO4/c1-7-2-10(14)9(13(18)19)4-11(7)15-5-8(6-16)3-12(15)17/h2,4,8,16H,3,5-6H2,1H3,(H,18,19). The summed E-state index contributed by atoms with van der Waals surface area (Å²) in [7, 11) is 0. The number of halogens is 1. The van der Waals surface area contributed by atoms with Crippen molar-refractivity contribution in [1.29, 1.82) is 0 Å². The van der Waals surface area contributed by atoms with Crippen molar-refractivity contribution in [3.63, 3.8) is 0 Å². The van der Waals surface area contributed by atoms with Gasteiger partial charge in [0.25, 0.3) is 0 Å². The van der Waals surface area contributed by atoms with E-state index < -0.39 is 5.97 Å². The summed E-state index contributed by atoms with van der Waals surface area (Å²) in [5.41, 5.74) is 1.55. The van der Waals surface area contributed by atoms with Gasteiger partial charge in [0.1, 0.15) is 0 Å². The molecule has 0 aliphatic carbocycles. The maximum atomic E-state index is 11.9.